The van der Waals surface area contributed by atoms with Gasteiger partial charge in [-0.3, -0.25) is 19.7 Å². The molecule has 1 unspecified atom stereocenters. The molecule has 2 aromatic carbocycles. The van der Waals surface area contributed by atoms with Crippen LogP contribution in [-0.4, -0.2) is 54.9 Å². The Morgan fingerprint density at radius 3 is 2.61 bits per heavy atom. The van der Waals surface area contributed by atoms with Gasteiger partial charge < -0.3 is 19.9 Å². The smallest absolute Gasteiger partial charge is 0.269 e. The Balaban J connectivity index is 1.73. The molecule has 0 aromatic heterocycles. The Hall–Kier alpha value is -3.72. The lowest BCUT2D eigenvalue weighted by Crippen LogP contribution is -2.46. The highest BCUT2D eigenvalue weighted by Crippen LogP contribution is 2.36. The molecule has 1 atom stereocenters. The van der Waals surface area contributed by atoms with Crippen molar-refractivity contribution in [2.75, 3.05) is 37.4 Å². The van der Waals surface area contributed by atoms with E-state index in [0.717, 1.165) is 0 Å². The van der Waals surface area contributed by atoms with Gasteiger partial charge in [0.2, 0.25) is 5.91 Å². The predicted molar refractivity (Wildman–Crippen MR) is 118 cm³/mol. The number of nitro benzene ring substituents is 1. The van der Waals surface area contributed by atoms with Crippen LogP contribution in [0.5, 0.6) is 5.75 Å². The Labute approximate surface area is 180 Å². The maximum absolute atomic E-state index is 12.6. The van der Waals surface area contributed by atoms with Gasteiger partial charge in [0.25, 0.3) is 11.6 Å². The summed E-state index contributed by atoms with van der Waals surface area (Å²) in [6.07, 6.45) is 2.34. The summed E-state index contributed by atoms with van der Waals surface area (Å²) in [5, 5.41) is 13.5. The number of non-ortho nitro benzene ring substituents is 1. The van der Waals surface area contributed by atoms with Gasteiger partial charge in [-0.05, 0) is 63.0 Å². The fourth-order valence-corrected chi connectivity index (χ4v) is 3.08. The van der Waals surface area contributed by atoms with Gasteiger partial charge in [-0.1, -0.05) is 0 Å². The lowest BCUT2D eigenvalue weighted by molar-refractivity contribution is -0.384. The molecule has 9 heteroatoms. The number of likely N-dealkylation sites (N-methyl/N-ethyl adjacent to an activating group) is 1. The van der Waals surface area contributed by atoms with Crippen molar-refractivity contribution in [3.63, 3.8) is 0 Å². The SMILES string of the molecule is CC1Oc2ccc(NC(=O)/C=C/c3ccc([N+](=O)[O-])cc3)cc2N(CCN(C)C)C1=O. The van der Waals surface area contributed by atoms with Crippen LogP contribution < -0.4 is 15.0 Å². The molecule has 0 fully saturated rings. The summed E-state index contributed by atoms with van der Waals surface area (Å²) >= 11 is 0. The third-order valence-corrected chi connectivity index (χ3v) is 4.74. The molecule has 31 heavy (non-hydrogen) atoms. The van der Waals surface area contributed by atoms with Crippen molar-refractivity contribution in [1.29, 1.82) is 0 Å². The van der Waals surface area contributed by atoms with E-state index in [9.17, 15) is 19.7 Å². The molecule has 0 radical (unpaired) electrons. The van der Waals surface area contributed by atoms with Gasteiger partial charge in [-0.25, -0.2) is 0 Å². The molecular formula is C22H24N4O5. The van der Waals surface area contributed by atoms with E-state index < -0.39 is 11.0 Å². The Morgan fingerprint density at radius 2 is 1.97 bits per heavy atom. The lowest BCUT2D eigenvalue weighted by Gasteiger charge is -2.34. The maximum Gasteiger partial charge on any atom is 0.269 e. The first-order chi connectivity index (χ1) is 14.7. The van der Waals surface area contributed by atoms with Crippen molar-refractivity contribution >= 4 is 35.0 Å². The zero-order valence-corrected chi connectivity index (χ0v) is 17.6. The summed E-state index contributed by atoms with van der Waals surface area (Å²) in [6, 6.07) is 11.0. The Bertz CT molecular complexity index is 1020. The molecule has 0 bridgehead atoms. The number of nitro groups is 1. The first-order valence-corrected chi connectivity index (χ1v) is 9.75. The average Bonchev–Trinajstić information content (AvgIpc) is 2.73. The molecule has 0 spiro atoms. The molecule has 1 aliphatic heterocycles. The number of nitrogens with zero attached hydrogens (tertiary/aromatic N) is 3. The predicted octanol–water partition coefficient (Wildman–Crippen LogP) is 2.92. The van der Waals surface area contributed by atoms with E-state index in [4.69, 9.17) is 4.74 Å². The van der Waals surface area contributed by atoms with Gasteiger partial charge >= 0.3 is 0 Å². The van der Waals surface area contributed by atoms with Crippen LogP contribution in [0, 0.1) is 10.1 Å². The van der Waals surface area contributed by atoms with Crippen molar-refractivity contribution < 1.29 is 19.2 Å². The average molecular weight is 424 g/mol. The molecule has 2 amide bonds. The van der Waals surface area contributed by atoms with Gasteiger partial charge in [-0.15, -0.1) is 0 Å². The summed E-state index contributed by atoms with van der Waals surface area (Å²) < 4.78 is 5.69. The lowest BCUT2D eigenvalue weighted by atomic mass is 10.1. The summed E-state index contributed by atoms with van der Waals surface area (Å²) in [6.45, 7) is 2.91. The van der Waals surface area contributed by atoms with E-state index in [1.54, 1.807) is 48.2 Å². The molecule has 0 saturated carbocycles. The highest BCUT2D eigenvalue weighted by Gasteiger charge is 2.31. The Morgan fingerprint density at radius 1 is 1.26 bits per heavy atom. The number of anilines is 2. The van der Waals surface area contributed by atoms with Gasteiger partial charge in [-0.2, -0.15) is 0 Å². The van der Waals surface area contributed by atoms with Crippen LogP contribution in [0.25, 0.3) is 6.08 Å². The summed E-state index contributed by atoms with van der Waals surface area (Å²) in [5.41, 5.74) is 1.79. The maximum atomic E-state index is 12.6. The largest absolute Gasteiger partial charge is 0.479 e. The molecule has 2 aromatic rings. The number of carbonyl (C=O) groups excluding carboxylic acids is 2. The standard InChI is InChI=1S/C22H24N4O5/c1-15-22(28)25(13-12-24(2)3)19-14-17(7-10-20(19)31-15)23-21(27)11-6-16-4-8-18(9-5-16)26(29)30/h4-11,14-15H,12-13H2,1-3H3,(H,23,27)/b11-6+. The van der Waals surface area contributed by atoms with Crippen LogP contribution in [0.2, 0.25) is 0 Å². The van der Waals surface area contributed by atoms with Crippen molar-refractivity contribution in [3.05, 3.63) is 64.2 Å². The van der Waals surface area contributed by atoms with E-state index >= 15 is 0 Å². The van der Waals surface area contributed by atoms with Gasteiger partial charge in [0.05, 0.1) is 10.6 Å². The van der Waals surface area contributed by atoms with Crippen LogP contribution in [0.15, 0.2) is 48.5 Å². The number of hydrogen-bond donors (Lipinski definition) is 1. The first kappa shape index (κ1) is 22.0. The monoisotopic (exact) mass is 424 g/mol. The quantitative estimate of drug-likeness (QED) is 0.416. The summed E-state index contributed by atoms with van der Waals surface area (Å²) in [5.74, 6) is 0.0933. The van der Waals surface area contributed by atoms with Crippen LogP contribution in [0.1, 0.15) is 12.5 Å². The molecule has 162 valence electrons. The highest BCUT2D eigenvalue weighted by molar-refractivity contribution is 6.04. The number of amides is 2. The van der Waals surface area contributed by atoms with Gasteiger partial charge in [0, 0.05) is 37.0 Å². The fraction of sp³-hybridized carbons (Fsp3) is 0.273. The molecule has 3 rings (SSSR count). The van der Waals surface area contributed by atoms with E-state index in [1.165, 1.54) is 18.2 Å². The van der Waals surface area contributed by atoms with Crippen LogP contribution in [0.4, 0.5) is 17.1 Å². The second-order valence-corrected chi connectivity index (χ2v) is 7.41. The topological polar surface area (TPSA) is 105 Å². The van der Waals surface area contributed by atoms with Crippen molar-refractivity contribution in [3.8, 4) is 5.75 Å². The number of nitrogens with one attached hydrogen (secondary N) is 1. The normalized spacial score (nSPS) is 15.7. The number of benzene rings is 2. The van der Waals surface area contributed by atoms with Crippen molar-refractivity contribution in [2.45, 2.75) is 13.0 Å². The molecule has 0 saturated heterocycles. The summed E-state index contributed by atoms with van der Waals surface area (Å²) in [7, 11) is 3.87. The van der Waals surface area contributed by atoms with Crippen LogP contribution >= 0.6 is 0 Å². The molecule has 1 aliphatic rings. The van der Waals surface area contributed by atoms with E-state index in [1.807, 2.05) is 19.0 Å². The van der Waals surface area contributed by atoms with E-state index in [0.29, 0.717) is 35.8 Å². The minimum absolute atomic E-state index is 0.0134. The third-order valence-electron chi connectivity index (χ3n) is 4.74. The second-order valence-electron chi connectivity index (χ2n) is 7.41. The number of carbonyl (C=O) groups is 2. The zero-order valence-electron chi connectivity index (χ0n) is 17.6. The first-order valence-electron chi connectivity index (χ1n) is 9.75. The molecule has 9 nitrogen and oxygen atoms in total. The highest BCUT2D eigenvalue weighted by atomic mass is 16.6. The minimum Gasteiger partial charge on any atom is -0.479 e. The van der Waals surface area contributed by atoms with E-state index in [2.05, 4.69) is 5.32 Å². The van der Waals surface area contributed by atoms with E-state index in [-0.39, 0.29) is 17.5 Å². The number of fused-ring (bicyclic) bond motifs is 1. The van der Waals surface area contributed by atoms with Crippen molar-refractivity contribution in [2.24, 2.45) is 0 Å². The van der Waals surface area contributed by atoms with Gasteiger partial charge in [0.15, 0.2) is 6.10 Å². The third kappa shape index (κ3) is 5.46. The minimum atomic E-state index is -0.570. The van der Waals surface area contributed by atoms with Gasteiger partial charge in [0.1, 0.15) is 5.75 Å². The Kier molecular flexibility index (Phi) is 6.66. The molecule has 0 aliphatic carbocycles. The fourth-order valence-electron chi connectivity index (χ4n) is 3.08. The zero-order chi connectivity index (χ0) is 22.5. The molecule has 1 N–H and O–H groups in total. The van der Waals surface area contributed by atoms with Crippen LogP contribution in [0.3, 0.4) is 0 Å². The number of rotatable bonds is 7. The molecular weight excluding hydrogens is 400 g/mol. The second kappa shape index (κ2) is 9.40. The number of hydrogen-bond acceptors (Lipinski definition) is 6. The van der Waals surface area contributed by atoms with Crippen molar-refractivity contribution in [1.82, 2.24) is 4.90 Å². The number of ether oxygens (including phenoxy) is 1. The summed E-state index contributed by atoms with van der Waals surface area (Å²) in [4.78, 5) is 38.8. The molecule has 1 heterocycles. The van der Waals surface area contributed by atoms with Crippen LogP contribution in [-0.2, 0) is 9.59 Å².